The number of hydrogen-bond donors (Lipinski definition) is 0. The van der Waals surface area contributed by atoms with Gasteiger partial charge in [0.1, 0.15) is 11.9 Å². The molecule has 5 rings (SSSR count). The normalized spacial score (nSPS) is 19.9. The number of pyridine rings is 1. The van der Waals surface area contributed by atoms with E-state index >= 15 is 0 Å². The largest absolute Gasteiger partial charge is 0.474 e. The predicted octanol–water partition coefficient (Wildman–Crippen LogP) is 4.15. The highest BCUT2D eigenvalue weighted by Crippen LogP contribution is 2.29. The summed E-state index contributed by atoms with van der Waals surface area (Å²) in [7, 11) is 0. The van der Waals surface area contributed by atoms with E-state index in [-0.39, 0.29) is 18.1 Å². The van der Waals surface area contributed by atoms with Crippen LogP contribution < -0.4 is 4.74 Å². The molecule has 1 atom stereocenters. The van der Waals surface area contributed by atoms with E-state index in [4.69, 9.17) is 4.74 Å². The Hall–Kier alpha value is -2.89. The van der Waals surface area contributed by atoms with E-state index in [1.807, 2.05) is 42.2 Å². The number of aryl methyl sites for hydroxylation is 1. The van der Waals surface area contributed by atoms with Crippen LogP contribution in [0.3, 0.4) is 0 Å². The van der Waals surface area contributed by atoms with Crippen LogP contribution in [0.5, 0.6) is 5.88 Å². The van der Waals surface area contributed by atoms with Crippen LogP contribution in [0, 0.1) is 6.92 Å². The lowest BCUT2D eigenvalue weighted by Gasteiger charge is -2.19. The lowest BCUT2D eigenvalue weighted by molar-refractivity contribution is 0.0787. The van der Waals surface area contributed by atoms with E-state index in [2.05, 4.69) is 20.6 Å². The summed E-state index contributed by atoms with van der Waals surface area (Å²) in [6.45, 7) is 3.48. The molecule has 2 aliphatic rings. The molecule has 1 saturated heterocycles. The number of imidazole rings is 1. The third-order valence-corrected chi connectivity index (χ3v) is 6.16. The maximum atomic E-state index is 13.0. The first-order chi connectivity index (χ1) is 14.2. The molecule has 1 amide bonds. The van der Waals surface area contributed by atoms with Crippen LogP contribution in [0.2, 0.25) is 0 Å². The highest BCUT2D eigenvalue weighted by Gasteiger charge is 2.30. The number of amides is 1. The van der Waals surface area contributed by atoms with Gasteiger partial charge in [-0.2, -0.15) is 0 Å². The molecule has 0 radical (unpaired) electrons. The van der Waals surface area contributed by atoms with Crippen molar-refractivity contribution < 1.29 is 9.53 Å². The van der Waals surface area contributed by atoms with Crippen molar-refractivity contribution in [3.05, 3.63) is 54.0 Å². The zero-order valence-corrected chi connectivity index (χ0v) is 16.8. The number of ether oxygens (including phenoxy) is 1. The van der Waals surface area contributed by atoms with Crippen molar-refractivity contribution in [3.63, 3.8) is 0 Å². The van der Waals surface area contributed by atoms with Gasteiger partial charge in [0.25, 0.3) is 5.91 Å². The Kier molecular flexibility index (Phi) is 4.70. The molecule has 2 aromatic heterocycles. The van der Waals surface area contributed by atoms with Gasteiger partial charge in [0, 0.05) is 25.4 Å². The molecule has 1 aliphatic heterocycles. The lowest BCUT2D eigenvalue weighted by Crippen LogP contribution is -2.29. The van der Waals surface area contributed by atoms with Crippen molar-refractivity contribution in [2.75, 3.05) is 13.1 Å². The zero-order valence-electron chi connectivity index (χ0n) is 16.8. The summed E-state index contributed by atoms with van der Waals surface area (Å²) in [5.74, 6) is 1.66. The number of hydrogen-bond acceptors (Lipinski definition) is 4. The van der Waals surface area contributed by atoms with Gasteiger partial charge in [-0.1, -0.05) is 12.1 Å². The van der Waals surface area contributed by atoms with Crippen molar-refractivity contribution in [1.29, 1.82) is 0 Å². The fourth-order valence-electron chi connectivity index (χ4n) is 4.70. The molecule has 1 aliphatic carbocycles. The van der Waals surface area contributed by atoms with Gasteiger partial charge in [0.2, 0.25) is 5.88 Å². The molecule has 0 bridgehead atoms. The van der Waals surface area contributed by atoms with Crippen LogP contribution in [-0.4, -0.2) is 44.5 Å². The van der Waals surface area contributed by atoms with Crippen LogP contribution in [0.1, 0.15) is 54.3 Å². The minimum absolute atomic E-state index is 0.0366. The van der Waals surface area contributed by atoms with Crippen LogP contribution in [0.4, 0.5) is 0 Å². The lowest BCUT2D eigenvalue weighted by atomic mass is 10.2. The van der Waals surface area contributed by atoms with Gasteiger partial charge < -0.3 is 14.2 Å². The fraction of sp³-hybridized carbons (Fsp3) is 0.435. The number of likely N-dealkylation sites (tertiary alicyclic amines) is 1. The number of rotatable bonds is 4. The minimum atomic E-state index is 0.0366. The quantitative estimate of drug-likeness (QED) is 0.671. The number of fused-ring (bicyclic) bond motifs is 1. The number of carbonyl (C=O) groups excluding carboxylic acids is 1. The van der Waals surface area contributed by atoms with Crippen LogP contribution in [0.15, 0.2) is 42.6 Å². The molecule has 1 saturated carbocycles. The van der Waals surface area contributed by atoms with Gasteiger partial charge >= 0.3 is 0 Å². The van der Waals surface area contributed by atoms with E-state index in [1.54, 1.807) is 6.20 Å². The molecule has 150 valence electrons. The van der Waals surface area contributed by atoms with E-state index < -0.39 is 0 Å². The van der Waals surface area contributed by atoms with Crippen LogP contribution in [0.25, 0.3) is 11.0 Å². The smallest absolute Gasteiger partial charge is 0.255 e. The molecule has 0 spiro atoms. The Morgan fingerprint density at radius 1 is 1.10 bits per heavy atom. The van der Waals surface area contributed by atoms with Crippen molar-refractivity contribution >= 4 is 16.9 Å². The average Bonchev–Trinajstić information content (AvgIpc) is 3.47. The standard InChI is InChI=1S/C23H26N4O2/c1-16-25-20-8-4-5-9-21(20)27(16)18-12-13-26(15-18)23(28)17-10-11-22(24-14-17)29-19-6-2-3-7-19/h4-5,8-11,14,18-19H,2-3,6-7,12-13,15H2,1H3. The maximum Gasteiger partial charge on any atom is 0.255 e. The molecule has 29 heavy (non-hydrogen) atoms. The molecular formula is C23H26N4O2. The third kappa shape index (κ3) is 3.48. The van der Waals surface area contributed by atoms with E-state index in [0.29, 0.717) is 18.0 Å². The SMILES string of the molecule is Cc1nc2ccccc2n1C1CCN(C(=O)c2ccc(OC3CCCC3)nc2)C1. The molecule has 6 nitrogen and oxygen atoms in total. The summed E-state index contributed by atoms with van der Waals surface area (Å²) < 4.78 is 8.19. The summed E-state index contributed by atoms with van der Waals surface area (Å²) in [5.41, 5.74) is 2.77. The number of carbonyl (C=O) groups is 1. The van der Waals surface area contributed by atoms with Crippen LogP contribution >= 0.6 is 0 Å². The average molecular weight is 390 g/mol. The molecule has 2 fully saturated rings. The Morgan fingerprint density at radius 3 is 2.72 bits per heavy atom. The summed E-state index contributed by atoms with van der Waals surface area (Å²) in [6, 6.07) is 12.1. The molecule has 0 N–H and O–H groups in total. The van der Waals surface area contributed by atoms with E-state index in [9.17, 15) is 4.79 Å². The molecule has 3 aromatic rings. The second-order valence-electron chi connectivity index (χ2n) is 8.12. The number of benzene rings is 1. The monoisotopic (exact) mass is 390 g/mol. The highest BCUT2D eigenvalue weighted by molar-refractivity contribution is 5.94. The predicted molar refractivity (Wildman–Crippen MR) is 111 cm³/mol. The summed E-state index contributed by atoms with van der Waals surface area (Å²) in [5, 5.41) is 0. The van der Waals surface area contributed by atoms with E-state index in [0.717, 1.165) is 42.7 Å². The number of aromatic nitrogens is 3. The van der Waals surface area contributed by atoms with Crippen molar-refractivity contribution in [2.24, 2.45) is 0 Å². The fourth-order valence-corrected chi connectivity index (χ4v) is 4.70. The van der Waals surface area contributed by atoms with Gasteiger partial charge in [-0.15, -0.1) is 0 Å². The topological polar surface area (TPSA) is 60.2 Å². The summed E-state index contributed by atoms with van der Waals surface area (Å²) >= 11 is 0. The van der Waals surface area contributed by atoms with Gasteiger partial charge in [-0.3, -0.25) is 4.79 Å². The molecule has 1 unspecified atom stereocenters. The Bertz CT molecular complexity index is 1020. The van der Waals surface area contributed by atoms with Crippen molar-refractivity contribution in [2.45, 2.75) is 51.2 Å². The van der Waals surface area contributed by atoms with Gasteiger partial charge in [-0.05, 0) is 57.2 Å². The highest BCUT2D eigenvalue weighted by atomic mass is 16.5. The Labute approximate surface area is 170 Å². The van der Waals surface area contributed by atoms with Gasteiger partial charge in [0.15, 0.2) is 0 Å². The summed E-state index contributed by atoms with van der Waals surface area (Å²) in [6.07, 6.45) is 7.50. The summed E-state index contributed by atoms with van der Waals surface area (Å²) in [4.78, 5) is 24.0. The Balaban J connectivity index is 1.28. The third-order valence-electron chi connectivity index (χ3n) is 6.16. The van der Waals surface area contributed by atoms with Gasteiger partial charge in [0.05, 0.1) is 22.6 Å². The molecule has 6 heteroatoms. The zero-order chi connectivity index (χ0) is 19.8. The first-order valence-electron chi connectivity index (χ1n) is 10.5. The first kappa shape index (κ1) is 18.2. The Morgan fingerprint density at radius 2 is 1.93 bits per heavy atom. The number of nitrogens with zero attached hydrogens (tertiary/aromatic N) is 4. The molecular weight excluding hydrogens is 364 g/mol. The van der Waals surface area contributed by atoms with Crippen molar-refractivity contribution in [3.8, 4) is 5.88 Å². The molecule has 3 heterocycles. The van der Waals surface area contributed by atoms with Crippen molar-refractivity contribution in [1.82, 2.24) is 19.4 Å². The second kappa shape index (κ2) is 7.50. The van der Waals surface area contributed by atoms with Crippen LogP contribution in [-0.2, 0) is 0 Å². The maximum absolute atomic E-state index is 13.0. The van der Waals surface area contributed by atoms with E-state index in [1.165, 1.54) is 12.8 Å². The minimum Gasteiger partial charge on any atom is -0.474 e. The molecule has 1 aromatic carbocycles. The number of para-hydroxylation sites is 2. The first-order valence-corrected chi connectivity index (χ1v) is 10.5. The van der Waals surface area contributed by atoms with Gasteiger partial charge in [-0.25, -0.2) is 9.97 Å². The second-order valence-corrected chi connectivity index (χ2v) is 8.12.